The Hall–Kier alpha value is -1.93. The number of nitrogen functional groups attached to an aromatic ring is 1. The number of nitrogens with zero attached hydrogens (tertiary/aromatic N) is 4. The third-order valence-corrected chi connectivity index (χ3v) is 4.22. The van der Waals surface area contributed by atoms with Gasteiger partial charge in [0, 0.05) is 34.9 Å². The Balaban J connectivity index is 1.90. The smallest absolute Gasteiger partial charge is 0.258 e. The highest BCUT2D eigenvalue weighted by molar-refractivity contribution is 9.10. The Bertz CT molecular complexity index is 867. The van der Waals surface area contributed by atoms with Crippen LogP contribution in [0.3, 0.4) is 0 Å². The van der Waals surface area contributed by atoms with Crippen molar-refractivity contribution in [1.29, 1.82) is 0 Å². The lowest BCUT2D eigenvalue weighted by atomic mass is 10.4. The number of nitrogens with two attached hydrogens (primary N) is 1. The predicted molar refractivity (Wildman–Crippen MR) is 85.2 cm³/mol. The van der Waals surface area contributed by atoms with E-state index in [-0.39, 0.29) is 5.56 Å². The van der Waals surface area contributed by atoms with E-state index >= 15 is 0 Å². The minimum Gasteiger partial charge on any atom is -0.381 e. The van der Waals surface area contributed by atoms with E-state index in [4.69, 9.17) is 5.73 Å². The molecule has 3 rings (SSSR count). The molecule has 2 N–H and O–H groups in total. The van der Waals surface area contributed by atoms with Gasteiger partial charge in [0.25, 0.3) is 5.56 Å². The zero-order valence-electron chi connectivity index (χ0n) is 10.7. The highest BCUT2D eigenvalue weighted by atomic mass is 79.9. The van der Waals surface area contributed by atoms with Crippen molar-refractivity contribution in [3.63, 3.8) is 0 Å². The summed E-state index contributed by atoms with van der Waals surface area (Å²) in [5.74, 6) is 0.883. The zero-order valence-corrected chi connectivity index (χ0v) is 13.1. The molecule has 6 nitrogen and oxygen atoms in total. The lowest BCUT2D eigenvalue weighted by Gasteiger charge is -2.05. The number of hydrogen-bond donors (Lipinski definition) is 1. The molecule has 0 aromatic carbocycles. The average Bonchev–Trinajstić information content (AvgIpc) is 2.47. The first kappa shape index (κ1) is 14.0. The fourth-order valence-electron chi connectivity index (χ4n) is 1.79. The molecule has 0 saturated carbocycles. The second kappa shape index (κ2) is 5.82. The molecule has 0 aliphatic heterocycles. The molecule has 3 aromatic rings. The maximum absolute atomic E-state index is 12.1. The Kier molecular flexibility index (Phi) is 3.89. The monoisotopic (exact) mass is 363 g/mol. The first-order valence-corrected chi connectivity index (χ1v) is 7.78. The lowest BCUT2D eigenvalue weighted by molar-refractivity contribution is 1.00. The van der Waals surface area contributed by atoms with Crippen molar-refractivity contribution in [2.24, 2.45) is 0 Å². The quantitative estimate of drug-likeness (QED) is 0.717. The third-order valence-electron chi connectivity index (χ3n) is 2.72. The summed E-state index contributed by atoms with van der Waals surface area (Å²) in [6.07, 6.45) is 4.82. The van der Waals surface area contributed by atoms with Crippen molar-refractivity contribution in [2.45, 2.75) is 10.8 Å². The van der Waals surface area contributed by atoms with Gasteiger partial charge in [0.05, 0.1) is 5.69 Å². The maximum Gasteiger partial charge on any atom is 0.258 e. The molecule has 8 heteroatoms. The van der Waals surface area contributed by atoms with Crippen LogP contribution in [0.25, 0.3) is 5.65 Å². The first-order valence-electron chi connectivity index (χ1n) is 6.00. The van der Waals surface area contributed by atoms with Gasteiger partial charge in [-0.1, -0.05) is 11.8 Å². The molecule has 0 amide bonds. The van der Waals surface area contributed by atoms with Gasteiger partial charge in [0.1, 0.15) is 10.7 Å². The van der Waals surface area contributed by atoms with Gasteiger partial charge in [0.15, 0.2) is 5.82 Å². The summed E-state index contributed by atoms with van der Waals surface area (Å²) in [5, 5.41) is 0.635. The number of fused-ring (bicyclic) bond motifs is 1. The molecular weight excluding hydrogens is 354 g/mol. The molecule has 106 valence electrons. The second-order valence-corrected chi connectivity index (χ2v) is 6.08. The molecular formula is C13H10BrN5OS. The fourth-order valence-corrected chi connectivity index (χ4v) is 2.89. The number of thioether (sulfide) groups is 1. The standard InChI is InChI=1S/C13H10BrN5OS/c14-8-1-2-10-18-9(5-11(20)19(10)6-8)7-21-13-12(15)16-3-4-17-13/h1-6H,7H2,(H2,15,16). The number of hydrogen-bond acceptors (Lipinski definition) is 6. The van der Waals surface area contributed by atoms with Crippen LogP contribution in [-0.2, 0) is 5.75 Å². The molecule has 0 atom stereocenters. The summed E-state index contributed by atoms with van der Waals surface area (Å²) in [5.41, 5.74) is 6.90. The molecule has 21 heavy (non-hydrogen) atoms. The number of anilines is 1. The molecule has 3 heterocycles. The second-order valence-electron chi connectivity index (χ2n) is 4.20. The minimum atomic E-state index is -0.121. The molecule has 0 unspecified atom stereocenters. The Morgan fingerprint density at radius 2 is 2.10 bits per heavy atom. The van der Waals surface area contributed by atoms with E-state index in [9.17, 15) is 4.79 Å². The number of pyridine rings is 1. The van der Waals surface area contributed by atoms with Gasteiger partial charge in [0.2, 0.25) is 0 Å². The summed E-state index contributed by atoms with van der Waals surface area (Å²) < 4.78 is 2.32. The summed E-state index contributed by atoms with van der Waals surface area (Å²) >= 11 is 4.74. The Morgan fingerprint density at radius 1 is 1.29 bits per heavy atom. The normalized spacial score (nSPS) is 10.9. The van der Waals surface area contributed by atoms with E-state index in [0.29, 0.717) is 27.9 Å². The van der Waals surface area contributed by atoms with E-state index < -0.39 is 0 Å². The lowest BCUT2D eigenvalue weighted by Crippen LogP contribution is -2.15. The predicted octanol–water partition coefficient (Wildman–Crippen LogP) is 2.12. The van der Waals surface area contributed by atoms with Crippen LogP contribution >= 0.6 is 27.7 Å². The first-order chi connectivity index (χ1) is 10.1. The highest BCUT2D eigenvalue weighted by Crippen LogP contribution is 2.23. The van der Waals surface area contributed by atoms with Gasteiger partial charge in [-0.05, 0) is 28.1 Å². The molecule has 0 aliphatic rings. The molecule has 0 aliphatic carbocycles. The molecule has 3 aromatic heterocycles. The van der Waals surface area contributed by atoms with Gasteiger partial charge in [-0.3, -0.25) is 9.20 Å². The van der Waals surface area contributed by atoms with E-state index in [1.54, 1.807) is 18.5 Å². The van der Waals surface area contributed by atoms with Crippen LogP contribution in [0.1, 0.15) is 5.69 Å². The van der Waals surface area contributed by atoms with Crippen molar-refractivity contribution >= 4 is 39.2 Å². The van der Waals surface area contributed by atoms with Gasteiger partial charge in [-0.2, -0.15) is 0 Å². The summed E-state index contributed by atoms with van der Waals surface area (Å²) in [7, 11) is 0. The highest BCUT2D eigenvalue weighted by Gasteiger charge is 2.06. The van der Waals surface area contributed by atoms with Crippen LogP contribution in [0, 0.1) is 0 Å². The van der Waals surface area contributed by atoms with Crippen LogP contribution in [0.2, 0.25) is 0 Å². The van der Waals surface area contributed by atoms with Crippen molar-refractivity contribution < 1.29 is 0 Å². The van der Waals surface area contributed by atoms with E-state index in [1.165, 1.54) is 28.4 Å². The summed E-state index contributed by atoms with van der Waals surface area (Å²) in [6.45, 7) is 0. The Labute approximate surface area is 132 Å². The van der Waals surface area contributed by atoms with Gasteiger partial charge in [-0.25, -0.2) is 15.0 Å². The maximum atomic E-state index is 12.1. The molecule has 0 radical (unpaired) electrons. The van der Waals surface area contributed by atoms with Crippen LogP contribution in [0.15, 0.2) is 51.1 Å². The molecule has 0 spiro atoms. The van der Waals surface area contributed by atoms with Crippen LogP contribution in [0.5, 0.6) is 0 Å². The van der Waals surface area contributed by atoms with Crippen molar-refractivity contribution in [1.82, 2.24) is 19.4 Å². The molecule has 0 saturated heterocycles. The number of rotatable bonds is 3. The summed E-state index contributed by atoms with van der Waals surface area (Å²) in [6, 6.07) is 5.15. The van der Waals surface area contributed by atoms with Crippen molar-refractivity contribution in [3.05, 3.63) is 57.3 Å². The number of aromatic nitrogens is 4. The third kappa shape index (κ3) is 3.06. The SMILES string of the molecule is Nc1nccnc1SCc1cc(=O)n2cc(Br)ccc2n1. The van der Waals surface area contributed by atoms with Crippen molar-refractivity contribution in [3.8, 4) is 0 Å². The van der Waals surface area contributed by atoms with Gasteiger partial charge in [-0.15, -0.1) is 0 Å². The van der Waals surface area contributed by atoms with Gasteiger partial charge < -0.3 is 5.73 Å². The van der Waals surface area contributed by atoms with E-state index in [1.807, 2.05) is 6.07 Å². The molecule has 0 bridgehead atoms. The van der Waals surface area contributed by atoms with Crippen LogP contribution in [-0.4, -0.2) is 19.4 Å². The average molecular weight is 364 g/mol. The van der Waals surface area contributed by atoms with Crippen LogP contribution in [0.4, 0.5) is 5.82 Å². The van der Waals surface area contributed by atoms with E-state index in [0.717, 1.165) is 4.47 Å². The molecule has 0 fully saturated rings. The Morgan fingerprint density at radius 3 is 2.90 bits per heavy atom. The topological polar surface area (TPSA) is 86.2 Å². The fraction of sp³-hybridized carbons (Fsp3) is 0.0769. The summed E-state index contributed by atoms with van der Waals surface area (Å²) in [4.78, 5) is 24.6. The van der Waals surface area contributed by atoms with Crippen molar-refractivity contribution in [2.75, 3.05) is 5.73 Å². The zero-order chi connectivity index (χ0) is 14.8. The van der Waals surface area contributed by atoms with Crippen LogP contribution < -0.4 is 11.3 Å². The van der Waals surface area contributed by atoms with Gasteiger partial charge >= 0.3 is 0 Å². The minimum absolute atomic E-state index is 0.121. The largest absolute Gasteiger partial charge is 0.381 e. The van der Waals surface area contributed by atoms with E-state index in [2.05, 4.69) is 30.9 Å². The number of halogens is 1.